The van der Waals surface area contributed by atoms with E-state index in [1.807, 2.05) is 0 Å². The van der Waals surface area contributed by atoms with Gasteiger partial charge in [0.15, 0.2) is 11.6 Å². The van der Waals surface area contributed by atoms with Crippen LogP contribution in [0.4, 0.5) is 14.5 Å². The van der Waals surface area contributed by atoms with Gasteiger partial charge in [-0.05, 0) is 29.7 Å². The average Bonchev–Trinajstić information content (AvgIpc) is 2.21. The highest BCUT2D eigenvalue weighted by atomic mass is 19.1. The lowest BCUT2D eigenvalue weighted by Gasteiger charge is -2.07. The van der Waals surface area contributed by atoms with E-state index in [0.29, 0.717) is 11.1 Å². The van der Waals surface area contributed by atoms with Gasteiger partial charge in [0.25, 0.3) is 0 Å². The van der Waals surface area contributed by atoms with Gasteiger partial charge >= 0.3 is 0 Å². The van der Waals surface area contributed by atoms with E-state index in [9.17, 15) is 8.78 Å². The first-order chi connectivity index (χ1) is 7.87. The van der Waals surface area contributed by atoms with Crippen molar-refractivity contribution >= 4 is 16.5 Å². The van der Waals surface area contributed by atoms with Crippen LogP contribution in [0.1, 0.15) is 2.74 Å². The van der Waals surface area contributed by atoms with Gasteiger partial charge in [-0.25, -0.2) is 8.78 Å². The number of hydrogen-bond donors (Lipinski definition) is 1. The van der Waals surface area contributed by atoms with Gasteiger partial charge in [-0.15, -0.1) is 0 Å². The van der Waals surface area contributed by atoms with Crippen LogP contribution in [0.5, 0.6) is 5.75 Å². The minimum Gasteiger partial charge on any atom is -0.459 e. The number of alkyl halides is 1. The highest BCUT2D eigenvalue weighted by Gasteiger charge is 2.08. The largest absolute Gasteiger partial charge is 0.459 e. The maximum Gasteiger partial charge on any atom is 0.228 e. The van der Waals surface area contributed by atoms with Crippen LogP contribution in [0.2, 0.25) is 0 Å². The number of benzene rings is 2. The summed E-state index contributed by atoms with van der Waals surface area (Å²) in [6.07, 6.45) is 0. The lowest BCUT2D eigenvalue weighted by Crippen LogP contribution is -1.95. The zero-order chi connectivity index (χ0) is 12.6. The number of fused-ring (bicyclic) bond motifs is 1. The Morgan fingerprint density at radius 2 is 2.13 bits per heavy atom. The van der Waals surface area contributed by atoms with E-state index >= 15 is 0 Å². The Morgan fingerprint density at radius 3 is 2.87 bits per heavy atom. The van der Waals surface area contributed by atoms with Gasteiger partial charge in [-0.1, -0.05) is 6.07 Å². The number of nitrogens with two attached hydrogens (primary N) is 1. The van der Waals surface area contributed by atoms with Crippen molar-refractivity contribution < 1.29 is 16.3 Å². The van der Waals surface area contributed by atoms with Crippen LogP contribution in [0, 0.1) is 5.82 Å². The lowest BCUT2D eigenvalue weighted by molar-refractivity contribution is 0.187. The van der Waals surface area contributed by atoms with Gasteiger partial charge in [-0.2, -0.15) is 0 Å². The van der Waals surface area contributed by atoms with Crippen molar-refractivity contribution in [2.45, 2.75) is 0 Å². The van der Waals surface area contributed by atoms with Crippen molar-refractivity contribution in [1.29, 1.82) is 0 Å². The first-order valence-corrected chi connectivity index (χ1v) is 4.22. The predicted molar refractivity (Wildman–Crippen MR) is 54.9 cm³/mol. The highest BCUT2D eigenvalue weighted by molar-refractivity contribution is 5.90. The molecule has 2 rings (SSSR count). The molecule has 0 aliphatic heterocycles. The van der Waals surface area contributed by atoms with Crippen molar-refractivity contribution in [3.8, 4) is 5.75 Å². The predicted octanol–water partition coefficient (Wildman–Crippen LogP) is 2.87. The zero-order valence-corrected chi connectivity index (χ0v) is 7.63. The summed E-state index contributed by atoms with van der Waals surface area (Å²) >= 11 is 0. The normalized spacial score (nSPS) is 13.5. The maximum atomic E-state index is 13.5. The Kier molecular flexibility index (Phi) is 1.85. The average molecular weight is 211 g/mol. The molecule has 4 heteroatoms. The van der Waals surface area contributed by atoms with Crippen molar-refractivity contribution in [2.75, 3.05) is 12.5 Å². The van der Waals surface area contributed by atoms with Crippen LogP contribution in [-0.2, 0) is 0 Å². The number of anilines is 1. The molecule has 2 aromatic rings. The molecule has 0 aliphatic rings. The molecule has 2 N–H and O–H groups in total. The molecule has 78 valence electrons. The number of halogens is 2. The Morgan fingerprint density at radius 1 is 1.33 bits per heavy atom. The molecule has 2 nitrogen and oxygen atoms in total. The van der Waals surface area contributed by atoms with Crippen molar-refractivity contribution in [3.63, 3.8) is 0 Å². The Labute approximate surface area is 88.1 Å². The Hall–Kier alpha value is -1.84. The summed E-state index contributed by atoms with van der Waals surface area (Å²) in [4.78, 5) is 0. The second kappa shape index (κ2) is 3.73. The topological polar surface area (TPSA) is 35.2 Å². The summed E-state index contributed by atoms with van der Waals surface area (Å²) in [6.45, 7) is -3.43. The molecule has 0 fully saturated rings. The zero-order valence-electron chi connectivity index (χ0n) is 9.63. The number of rotatable bonds is 2. The molecule has 0 heterocycles. The molecule has 0 amide bonds. The number of ether oxygens (including phenoxy) is 1. The van der Waals surface area contributed by atoms with E-state index in [2.05, 4.69) is 4.74 Å². The van der Waals surface area contributed by atoms with Crippen LogP contribution in [0.3, 0.4) is 0 Å². The summed E-state index contributed by atoms with van der Waals surface area (Å²) in [7, 11) is 0. The van der Waals surface area contributed by atoms with E-state index < -0.39 is 18.4 Å². The van der Waals surface area contributed by atoms with Gasteiger partial charge in [0.05, 0.1) is 0 Å². The number of nitrogen functional groups attached to an aromatic ring is 1. The van der Waals surface area contributed by atoms with Crippen molar-refractivity contribution in [2.24, 2.45) is 0 Å². The Balaban J connectivity index is 2.64. The van der Waals surface area contributed by atoms with Crippen molar-refractivity contribution in [1.82, 2.24) is 0 Å². The van der Waals surface area contributed by atoms with Gasteiger partial charge in [0.1, 0.15) is 2.74 Å². The molecular formula is C11H9F2NO. The molecule has 0 bridgehead atoms. The van der Waals surface area contributed by atoms with Crippen LogP contribution in [0.15, 0.2) is 30.3 Å². The molecule has 0 radical (unpaired) electrons. The minimum absolute atomic E-state index is 0.265. The van der Waals surface area contributed by atoms with Gasteiger partial charge in [-0.3, -0.25) is 0 Å². The quantitative estimate of drug-likeness (QED) is 0.775. The van der Waals surface area contributed by atoms with Gasteiger partial charge in [0, 0.05) is 11.1 Å². The fourth-order valence-corrected chi connectivity index (χ4v) is 1.44. The summed E-state index contributed by atoms with van der Waals surface area (Å²) in [6, 6.07) is 7.05. The smallest absolute Gasteiger partial charge is 0.228 e. The van der Waals surface area contributed by atoms with Crippen LogP contribution in [-0.4, -0.2) is 6.81 Å². The minimum atomic E-state index is -3.43. The SMILES string of the molecule is [2H]C([2H])(F)Oc1c(F)ccc2cc(N)ccc12. The third-order valence-electron chi connectivity index (χ3n) is 2.09. The first kappa shape index (κ1) is 7.45. The number of hydrogen-bond acceptors (Lipinski definition) is 2. The van der Waals surface area contributed by atoms with Crippen molar-refractivity contribution in [3.05, 3.63) is 36.1 Å². The van der Waals surface area contributed by atoms with Crippen LogP contribution < -0.4 is 10.5 Å². The third-order valence-corrected chi connectivity index (χ3v) is 2.09. The molecular weight excluding hydrogens is 200 g/mol. The lowest BCUT2D eigenvalue weighted by atomic mass is 10.1. The molecule has 0 unspecified atom stereocenters. The second-order valence-corrected chi connectivity index (χ2v) is 3.04. The van der Waals surface area contributed by atoms with Crippen LogP contribution in [0.25, 0.3) is 10.8 Å². The van der Waals surface area contributed by atoms with E-state index in [1.54, 1.807) is 6.07 Å². The van der Waals surface area contributed by atoms with E-state index in [-0.39, 0.29) is 5.39 Å². The van der Waals surface area contributed by atoms with E-state index in [4.69, 9.17) is 8.48 Å². The highest BCUT2D eigenvalue weighted by Crippen LogP contribution is 2.30. The molecule has 0 aromatic heterocycles. The van der Waals surface area contributed by atoms with Gasteiger partial charge < -0.3 is 10.5 Å². The molecule has 0 spiro atoms. The summed E-state index contributed by atoms with van der Waals surface area (Å²) in [5.74, 6) is -1.29. The molecule has 0 atom stereocenters. The molecule has 0 saturated carbocycles. The maximum absolute atomic E-state index is 13.5. The Bertz CT molecular complexity index is 569. The monoisotopic (exact) mass is 211 g/mol. The molecule has 0 saturated heterocycles. The summed E-state index contributed by atoms with van der Waals surface area (Å²) < 4.78 is 43.9. The molecule has 15 heavy (non-hydrogen) atoms. The van der Waals surface area contributed by atoms with E-state index in [1.165, 1.54) is 18.2 Å². The standard InChI is InChI=1S/C11H9F2NO/c12-6-15-11-9-3-2-8(14)5-7(9)1-4-10(11)13/h1-5H,6,14H2/i6D2. The molecule has 2 aromatic carbocycles. The van der Waals surface area contributed by atoms with Crippen LogP contribution >= 0.6 is 0 Å². The third kappa shape index (κ3) is 1.70. The summed E-state index contributed by atoms with van der Waals surface area (Å²) in [5, 5.41) is 0.811. The van der Waals surface area contributed by atoms with Gasteiger partial charge in [0.2, 0.25) is 6.81 Å². The molecule has 0 aliphatic carbocycles. The second-order valence-electron chi connectivity index (χ2n) is 3.04. The fourth-order valence-electron chi connectivity index (χ4n) is 1.44. The van der Waals surface area contributed by atoms with E-state index in [0.717, 1.165) is 6.07 Å². The fraction of sp³-hybridized carbons (Fsp3) is 0.0909. The first-order valence-electron chi connectivity index (χ1n) is 5.22. The summed E-state index contributed by atoms with van der Waals surface area (Å²) in [5.41, 5.74) is 6.03.